The molecule has 1 aliphatic rings. The van der Waals surface area contributed by atoms with E-state index in [1.54, 1.807) is 24.3 Å². The number of nitrogens with two attached hydrogens (primary N) is 1. The molecule has 1 unspecified atom stereocenters. The van der Waals surface area contributed by atoms with Gasteiger partial charge in [0.2, 0.25) is 0 Å². The Kier molecular flexibility index (Phi) is 2.59. The van der Waals surface area contributed by atoms with Gasteiger partial charge in [-0.2, -0.15) is 5.06 Å². The van der Waals surface area contributed by atoms with E-state index in [1.165, 1.54) is 5.06 Å². The molecule has 16 heavy (non-hydrogen) atoms. The van der Waals surface area contributed by atoms with Gasteiger partial charge in [0, 0.05) is 5.69 Å². The maximum absolute atomic E-state index is 11.8. The van der Waals surface area contributed by atoms with Crippen LogP contribution in [-0.4, -0.2) is 11.5 Å². The fraction of sp³-hybridized carbons (Fsp3) is 0.417. The van der Waals surface area contributed by atoms with Gasteiger partial charge in [-0.05, 0) is 37.6 Å². The molecule has 0 spiro atoms. The van der Waals surface area contributed by atoms with Gasteiger partial charge in [-0.25, -0.2) is 0 Å². The average molecular weight is 220 g/mol. The number of hydrogen-bond donors (Lipinski definition) is 1. The minimum absolute atomic E-state index is 0.00544. The van der Waals surface area contributed by atoms with E-state index in [0.29, 0.717) is 12.1 Å². The molecule has 0 aromatic heterocycles. The predicted molar refractivity (Wildman–Crippen MR) is 62.7 cm³/mol. The zero-order valence-corrected chi connectivity index (χ0v) is 9.56. The van der Waals surface area contributed by atoms with Gasteiger partial charge in [0.25, 0.3) is 5.91 Å². The first-order valence-electron chi connectivity index (χ1n) is 5.42. The lowest BCUT2D eigenvalue weighted by atomic mass is 10.0. The molecule has 1 aliphatic heterocycles. The minimum atomic E-state index is -0.377. The molecule has 0 saturated carbocycles. The third-order valence-electron chi connectivity index (χ3n) is 2.94. The summed E-state index contributed by atoms with van der Waals surface area (Å²) in [7, 11) is 0. The van der Waals surface area contributed by atoms with Crippen molar-refractivity contribution in [2.24, 2.45) is 0 Å². The molecule has 0 radical (unpaired) electrons. The molecule has 1 saturated heterocycles. The summed E-state index contributed by atoms with van der Waals surface area (Å²) in [6, 6.07) is 7.09. The zero-order chi connectivity index (χ0) is 11.8. The van der Waals surface area contributed by atoms with Gasteiger partial charge in [-0.3, -0.25) is 9.63 Å². The maximum Gasteiger partial charge on any atom is 0.253 e. The smallest absolute Gasteiger partial charge is 0.253 e. The van der Waals surface area contributed by atoms with Crippen molar-refractivity contribution >= 4 is 17.3 Å². The van der Waals surface area contributed by atoms with E-state index in [9.17, 15) is 4.79 Å². The number of amides is 1. The van der Waals surface area contributed by atoms with E-state index >= 15 is 0 Å². The third kappa shape index (κ3) is 1.88. The van der Waals surface area contributed by atoms with Gasteiger partial charge in [0.1, 0.15) is 5.60 Å². The fourth-order valence-corrected chi connectivity index (χ4v) is 1.69. The largest absolute Gasteiger partial charge is 0.399 e. The summed E-state index contributed by atoms with van der Waals surface area (Å²) in [5.41, 5.74) is 6.63. The second-order valence-electron chi connectivity index (χ2n) is 4.35. The molecular weight excluding hydrogens is 204 g/mol. The summed E-state index contributed by atoms with van der Waals surface area (Å²) < 4.78 is 0. The Morgan fingerprint density at radius 2 is 2.06 bits per heavy atom. The Morgan fingerprint density at radius 1 is 1.44 bits per heavy atom. The molecule has 2 N–H and O–H groups in total. The van der Waals surface area contributed by atoms with Crippen molar-refractivity contribution in [1.29, 1.82) is 0 Å². The predicted octanol–water partition coefficient (Wildman–Crippen LogP) is 2.11. The van der Waals surface area contributed by atoms with Crippen LogP contribution in [0.4, 0.5) is 11.4 Å². The number of carbonyl (C=O) groups is 1. The number of hydroxylamine groups is 1. The molecular formula is C12H16N2O2. The zero-order valence-electron chi connectivity index (χ0n) is 9.56. The van der Waals surface area contributed by atoms with Crippen LogP contribution in [0.1, 0.15) is 26.7 Å². The molecule has 0 aliphatic carbocycles. The number of carbonyl (C=O) groups excluding carboxylic acids is 1. The number of hydrogen-bond acceptors (Lipinski definition) is 3. The Hall–Kier alpha value is -1.55. The lowest BCUT2D eigenvalue weighted by Crippen LogP contribution is -2.27. The molecule has 2 rings (SSSR count). The molecule has 1 amide bonds. The molecule has 86 valence electrons. The molecule has 1 heterocycles. The first kappa shape index (κ1) is 11.0. The van der Waals surface area contributed by atoms with Gasteiger partial charge in [-0.1, -0.05) is 6.92 Å². The van der Waals surface area contributed by atoms with Crippen molar-refractivity contribution in [1.82, 2.24) is 0 Å². The molecule has 0 bridgehead atoms. The number of benzene rings is 1. The summed E-state index contributed by atoms with van der Waals surface area (Å²) in [4.78, 5) is 17.5. The van der Waals surface area contributed by atoms with E-state index in [4.69, 9.17) is 10.6 Å². The van der Waals surface area contributed by atoms with Crippen molar-refractivity contribution in [3.63, 3.8) is 0 Å². The lowest BCUT2D eigenvalue weighted by molar-refractivity contribution is -0.119. The maximum atomic E-state index is 11.8. The number of anilines is 2. The first-order chi connectivity index (χ1) is 7.54. The fourth-order valence-electron chi connectivity index (χ4n) is 1.69. The first-order valence-corrected chi connectivity index (χ1v) is 5.42. The van der Waals surface area contributed by atoms with Crippen molar-refractivity contribution < 1.29 is 9.63 Å². The third-order valence-corrected chi connectivity index (χ3v) is 2.94. The van der Waals surface area contributed by atoms with Crippen molar-refractivity contribution in [2.45, 2.75) is 32.3 Å². The number of nitrogen functional groups attached to an aromatic ring is 1. The quantitative estimate of drug-likeness (QED) is 0.776. The van der Waals surface area contributed by atoms with Gasteiger partial charge < -0.3 is 5.73 Å². The molecule has 1 fully saturated rings. The monoisotopic (exact) mass is 220 g/mol. The van der Waals surface area contributed by atoms with E-state index in [1.807, 2.05) is 13.8 Å². The second kappa shape index (κ2) is 3.79. The summed E-state index contributed by atoms with van der Waals surface area (Å²) in [5.74, 6) is -0.00544. The summed E-state index contributed by atoms with van der Waals surface area (Å²) in [5, 5.41) is 1.36. The summed E-state index contributed by atoms with van der Waals surface area (Å²) in [6.45, 7) is 3.96. The topological polar surface area (TPSA) is 55.6 Å². The van der Waals surface area contributed by atoms with Crippen molar-refractivity contribution in [2.75, 3.05) is 10.8 Å². The molecule has 1 atom stereocenters. The van der Waals surface area contributed by atoms with Crippen molar-refractivity contribution in [3.05, 3.63) is 24.3 Å². The molecule has 1 aromatic rings. The highest BCUT2D eigenvalue weighted by Gasteiger charge is 2.40. The van der Waals surface area contributed by atoms with Crippen LogP contribution in [0.3, 0.4) is 0 Å². The van der Waals surface area contributed by atoms with Gasteiger partial charge in [0.05, 0.1) is 12.1 Å². The summed E-state index contributed by atoms with van der Waals surface area (Å²) in [6.07, 6.45) is 1.23. The van der Waals surface area contributed by atoms with Crippen LogP contribution in [0, 0.1) is 0 Å². The van der Waals surface area contributed by atoms with E-state index in [-0.39, 0.29) is 11.5 Å². The van der Waals surface area contributed by atoms with Gasteiger partial charge in [-0.15, -0.1) is 0 Å². The van der Waals surface area contributed by atoms with Crippen LogP contribution in [-0.2, 0) is 9.63 Å². The van der Waals surface area contributed by atoms with Crippen LogP contribution in [0.2, 0.25) is 0 Å². The normalized spacial score (nSPS) is 25.1. The summed E-state index contributed by atoms with van der Waals surface area (Å²) >= 11 is 0. The van der Waals surface area contributed by atoms with Crippen LogP contribution < -0.4 is 10.8 Å². The Balaban J connectivity index is 2.23. The molecule has 4 nitrogen and oxygen atoms in total. The van der Waals surface area contributed by atoms with Crippen LogP contribution in [0.15, 0.2) is 24.3 Å². The highest BCUT2D eigenvalue weighted by Crippen LogP contribution is 2.33. The lowest BCUT2D eigenvalue weighted by Gasteiger charge is -2.22. The Labute approximate surface area is 94.9 Å². The van der Waals surface area contributed by atoms with Crippen LogP contribution >= 0.6 is 0 Å². The van der Waals surface area contributed by atoms with E-state index in [2.05, 4.69) is 0 Å². The van der Waals surface area contributed by atoms with Crippen LogP contribution in [0.5, 0.6) is 0 Å². The molecule has 4 heteroatoms. The Bertz CT molecular complexity index is 402. The van der Waals surface area contributed by atoms with Crippen LogP contribution in [0.25, 0.3) is 0 Å². The molecule has 1 aromatic carbocycles. The van der Waals surface area contributed by atoms with Gasteiger partial charge in [0.15, 0.2) is 0 Å². The van der Waals surface area contributed by atoms with E-state index in [0.717, 1.165) is 12.1 Å². The minimum Gasteiger partial charge on any atom is -0.399 e. The number of nitrogens with zero attached hydrogens (tertiary/aromatic N) is 1. The number of rotatable bonds is 2. The Morgan fingerprint density at radius 3 is 2.56 bits per heavy atom. The van der Waals surface area contributed by atoms with Crippen molar-refractivity contribution in [3.8, 4) is 0 Å². The highest BCUT2D eigenvalue weighted by atomic mass is 16.7. The van der Waals surface area contributed by atoms with E-state index < -0.39 is 0 Å². The second-order valence-corrected chi connectivity index (χ2v) is 4.35. The average Bonchev–Trinajstić information content (AvgIpc) is 2.57. The van der Waals surface area contributed by atoms with Gasteiger partial charge >= 0.3 is 0 Å². The highest BCUT2D eigenvalue weighted by molar-refractivity contribution is 5.93. The standard InChI is InChI=1S/C12H16N2O2/c1-3-12(2)8-11(15)14(16-12)10-6-4-9(13)5-7-10/h4-7H,3,8,13H2,1-2H3. The SMILES string of the molecule is CCC1(C)CC(=O)N(c2ccc(N)cc2)O1.